The van der Waals surface area contributed by atoms with Gasteiger partial charge in [-0.15, -0.1) is 0 Å². The lowest BCUT2D eigenvalue weighted by molar-refractivity contribution is -0.0461. The third-order valence-electron chi connectivity index (χ3n) is 3.17. The first-order chi connectivity index (χ1) is 7.51. The van der Waals surface area contributed by atoms with Crippen LogP contribution in [0.2, 0.25) is 0 Å². The minimum Gasteiger partial charge on any atom is -0.374 e. The summed E-state index contributed by atoms with van der Waals surface area (Å²) < 4.78 is 7.56. The van der Waals surface area contributed by atoms with Gasteiger partial charge in [0.05, 0.1) is 11.8 Å². The summed E-state index contributed by atoms with van der Waals surface area (Å²) in [6.45, 7) is 6.89. The Labute approximate surface area is 97.8 Å². The highest BCUT2D eigenvalue weighted by Gasteiger charge is 2.30. The maximum absolute atomic E-state index is 6.23. The Morgan fingerprint density at radius 1 is 1.56 bits per heavy atom. The minimum atomic E-state index is -0.245. The molecule has 0 aliphatic heterocycles. The van der Waals surface area contributed by atoms with Gasteiger partial charge in [-0.05, 0) is 32.3 Å². The molecule has 0 saturated carbocycles. The first-order valence-corrected chi connectivity index (χ1v) is 5.89. The monoisotopic (exact) mass is 225 g/mol. The average Bonchev–Trinajstić information content (AvgIpc) is 2.64. The molecular weight excluding hydrogens is 202 g/mol. The van der Waals surface area contributed by atoms with Crippen molar-refractivity contribution < 1.29 is 4.74 Å². The van der Waals surface area contributed by atoms with E-state index >= 15 is 0 Å². The van der Waals surface area contributed by atoms with Crippen LogP contribution in [0.25, 0.3) is 0 Å². The zero-order valence-corrected chi connectivity index (χ0v) is 10.7. The normalized spacial score (nSPS) is 17.1. The fourth-order valence-corrected chi connectivity index (χ4v) is 1.85. The van der Waals surface area contributed by atoms with E-state index in [0.717, 1.165) is 18.4 Å². The Bertz CT molecular complexity index is 324. The van der Waals surface area contributed by atoms with Gasteiger partial charge < -0.3 is 10.5 Å². The molecule has 16 heavy (non-hydrogen) atoms. The quantitative estimate of drug-likeness (QED) is 0.798. The first-order valence-electron chi connectivity index (χ1n) is 5.89. The highest BCUT2D eigenvalue weighted by atomic mass is 16.5. The van der Waals surface area contributed by atoms with E-state index in [-0.39, 0.29) is 11.6 Å². The lowest BCUT2D eigenvalue weighted by Gasteiger charge is -2.34. The molecule has 0 fully saturated rings. The maximum Gasteiger partial charge on any atom is 0.0805 e. The van der Waals surface area contributed by atoms with E-state index in [2.05, 4.69) is 18.9 Å². The van der Waals surface area contributed by atoms with Gasteiger partial charge in [-0.2, -0.15) is 5.10 Å². The summed E-state index contributed by atoms with van der Waals surface area (Å²) in [5.74, 6) is 0. The van der Waals surface area contributed by atoms with Gasteiger partial charge >= 0.3 is 0 Å². The maximum atomic E-state index is 6.23. The van der Waals surface area contributed by atoms with Crippen LogP contribution >= 0.6 is 0 Å². The highest BCUT2D eigenvalue weighted by Crippen LogP contribution is 2.21. The summed E-state index contributed by atoms with van der Waals surface area (Å²) in [5.41, 5.74) is 7.14. The van der Waals surface area contributed by atoms with Crippen LogP contribution in [-0.4, -0.2) is 28.0 Å². The summed E-state index contributed by atoms with van der Waals surface area (Å²) >= 11 is 0. The van der Waals surface area contributed by atoms with E-state index in [1.807, 2.05) is 26.4 Å². The van der Waals surface area contributed by atoms with Gasteiger partial charge in [-0.1, -0.05) is 6.92 Å². The molecule has 1 aromatic heterocycles. The molecule has 0 radical (unpaired) electrons. The van der Waals surface area contributed by atoms with Crippen LogP contribution in [0.15, 0.2) is 12.4 Å². The molecule has 0 saturated heterocycles. The van der Waals surface area contributed by atoms with Gasteiger partial charge in [0.15, 0.2) is 0 Å². The number of nitrogens with two attached hydrogens (primary N) is 1. The van der Waals surface area contributed by atoms with Crippen LogP contribution in [0, 0.1) is 0 Å². The largest absolute Gasteiger partial charge is 0.374 e. The van der Waals surface area contributed by atoms with Crippen LogP contribution < -0.4 is 5.73 Å². The van der Waals surface area contributed by atoms with Crippen molar-refractivity contribution in [2.75, 3.05) is 6.61 Å². The van der Waals surface area contributed by atoms with Crippen molar-refractivity contribution in [3.8, 4) is 0 Å². The standard InChI is InChI=1S/C12H23N3O/c1-5-12(3,16-6-2)11(13)7-10-8-14-15(4)9-10/h8-9,11H,5-7,13H2,1-4H3. The lowest BCUT2D eigenvalue weighted by atomic mass is 9.90. The molecule has 2 atom stereocenters. The van der Waals surface area contributed by atoms with E-state index in [0.29, 0.717) is 6.61 Å². The molecule has 92 valence electrons. The molecule has 1 rings (SSSR count). The van der Waals surface area contributed by atoms with Crippen molar-refractivity contribution in [2.45, 2.75) is 45.3 Å². The first kappa shape index (κ1) is 13.2. The molecule has 1 aromatic rings. The number of rotatable bonds is 6. The molecule has 0 aliphatic rings. The molecule has 0 aliphatic carbocycles. The molecule has 4 nitrogen and oxygen atoms in total. The molecule has 2 unspecified atom stereocenters. The molecule has 4 heteroatoms. The summed E-state index contributed by atoms with van der Waals surface area (Å²) in [6.07, 6.45) is 5.59. The van der Waals surface area contributed by atoms with Gasteiger partial charge in [0.25, 0.3) is 0 Å². The van der Waals surface area contributed by atoms with Crippen LogP contribution in [0.3, 0.4) is 0 Å². The molecule has 0 aromatic carbocycles. The molecule has 0 bridgehead atoms. The third kappa shape index (κ3) is 3.06. The Hall–Kier alpha value is -0.870. The number of aryl methyl sites for hydroxylation is 1. The van der Waals surface area contributed by atoms with Crippen LogP contribution in [0.1, 0.15) is 32.8 Å². The van der Waals surface area contributed by atoms with Crippen LogP contribution in [0.5, 0.6) is 0 Å². The SMILES string of the molecule is CCOC(C)(CC)C(N)Cc1cnn(C)c1. The number of hydrogen-bond acceptors (Lipinski definition) is 3. The van der Waals surface area contributed by atoms with Crippen molar-refractivity contribution in [2.24, 2.45) is 12.8 Å². The highest BCUT2D eigenvalue weighted by molar-refractivity contribution is 5.08. The Balaban J connectivity index is 2.65. The van der Waals surface area contributed by atoms with Crippen molar-refractivity contribution in [3.63, 3.8) is 0 Å². The molecular formula is C12H23N3O. The van der Waals surface area contributed by atoms with Gasteiger partial charge in [-0.25, -0.2) is 0 Å². The predicted molar refractivity (Wildman–Crippen MR) is 65.2 cm³/mol. The summed E-state index contributed by atoms with van der Waals surface area (Å²) in [6, 6.07) is 0.00153. The topological polar surface area (TPSA) is 53.1 Å². The van der Waals surface area contributed by atoms with E-state index in [1.165, 1.54) is 0 Å². The zero-order chi connectivity index (χ0) is 12.2. The van der Waals surface area contributed by atoms with E-state index in [4.69, 9.17) is 10.5 Å². The number of aromatic nitrogens is 2. The average molecular weight is 225 g/mol. The van der Waals surface area contributed by atoms with E-state index in [1.54, 1.807) is 4.68 Å². The second-order valence-corrected chi connectivity index (χ2v) is 4.43. The predicted octanol–water partition coefficient (Wildman–Crippen LogP) is 1.50. The molecule has 0 spiro atoms. The smallest absolute Gasteiger partial charge is 0.0805 e. The van der Waals surface area contributed by atoms with Gasteiger partial charge in [0.1, 0.15) is 0 Å². The zero-order valence-electron chi connectivity index (χ0n) is 10.7. The van der Waals surface area contributed by atoms with Gasteiger partial charge in [0.2, 0.25) is 0 Å². The fourth-order valence-electron chi connectivity index (χ4n) is 1.85. The van der Waals surface area contributed by atoms with Crippen molar-refractivity contribution >= 4 is 0 Å². The Morgan fingerprint density at radius 2 is 2.25 bits per heavy atom. The van der Waals surface area contributed by atoms with Crippen LogP contribution in [0.4, 0.5) is 0 Å². The minimum absolute atomic E-state index is 0.00153. The van der Waals surface area contributed by atoms with Crippen molar-refractivity contribution in [1.82, 2.24) is 9.78 Å². The van der Waals surface area contributed by atoms with Crippen molar-refractivity contribution in [3.05, 3.63) is 18.0 Å². The van der Waals surface area contributed by atoms with Gasteiger partial charge in [0, 0.05) is 25.9 Å². The van der Waals surface area contributed by atoms with E-state index in [9.17, 15) is 0 Å². The summed E-state index contributed by atoms with van der Waals surface area (Å²) in [4.78, 5) is 0. The van der Waals surface area contributed by atoms with Gasteiger partial charge in [-0.3, -0.25) is 4.68 Å². The second-order valence-electron chi connectivity index (χ2n) is 4.43. The lowest BCUT2D eigenvalue weighted by Crippen LogP contribution is -2.48. The number of hydrogen-bond donors (Lipinski definition) is 1. The fraction of sp³-hybridized carbons (Fsp3) is 0.750. The summed E-state index contributed by atoms with van der Waals surface area (Å²) in [7, 11) is 1.91. The van der Waals surface area contributed by atoms with E-state index < -0.39 is 0 Å². The second kappa shape index (κ2) is 5.46. The number of nitrogens with zero attached hydrogens (tertiary/aromatic N) is 2. The molecule has 0 amide bonds. The van der Waals surface area contributed by atoms with Crippen molar-refractivity contribution in [1.29, 1.82) is 0 Å². The molecule has 2 N–H and O–H groups in total. The Morgan fingerprint density at radius 3 is 2.69 bits per heavy atom. The van der Waals surface area contributed by atoms with Crippen LogP contribution in [-0.2, 0) is 18.2 Å². The number of ether oxygens (including phenoxy) is 1. The third-order valence-corrected chi connectivity index (χ3v) is 3.17. The Kier molecular flexibility index (Phi) is 4.50. The molecule has 1 heterocycles. The summed E-state index contributed by atoms with van der Waals surface area (Å²) in [5, 5.41) is 4.14.